The van der Waals surface area contributed by atoms with Gasteiger partial charge in [-0.15, -0.1) is 0 Å². The van der Waals surface area contributed by atoms with Crippen LogP contribution in [0.5, 0.6) is 11.5 Å². The molecule has 25 heavy (non-hydrogen) atoms. The van der Waals surface area contributed by atoms with Gasteiger partial charge in [-0.3, -0.25) is 0 Å². The molecule has 3 unspecified atom stereocenters. The van der Waals surface area contributed by atoms with Crippen LogP contribution in [-0.4, -0.2) is 50.0 Å². The number of methoxy groups -OCH3 is 1. The van der Waals surface area contributed by atoms with Crippen molar-refractivity contribution >= 4 is 5.96 Å². The molecule has 3 atom stereocenters. The minimum Gasteiger partial charge on any atom is -0.497 e. The number of aliphatic imine (C=N–C) groups is 1. The first-order valence-corrected chi connectivity index (χ1v) is 9.13. The van der Waals surface area contributed by atoms with Crippen molar-refractivity contribution in [1.29, 1.82) is 0 Å². The summed E-state index contributed by atoms with van der Waals surface area (Å²) in [5.74, 6) is 2.63. The molecular formula is C19H31N3O3. The number of nitrogens with one attached hydrogen (secondary N) is 2. The number of hydrogen-bond donors (Lipinski definition) is 3. The fourth-order valence-electron chi connectivity index (χ4n) is 2.99. The number of aliphatic hydroxyl groups is 1. The van der Waals surface area contributed by atoms with Gasteiger partial charge in [0.1, 0.15) is 17.6 Å². The van der Waals surface area contributed by atoms with Gasteiger partial charge in [-0.05, 0) is 38.8 Å². The Balaban J connectivity index is 1.83. The minimum atomic E-state index is -0.189. The van der Waals surface area contributed by atoms with Crippen molar-refractivity contribution in [2.75, 3.05) is 26.7 Å². The summed E-state index contributed by atoms with van der Waals surface area (Å²) in [4.78, 5) is 4.59. The molecule has 0 aliphatic heterocycles. The van der Waals surface area contributed by atoms with E-state index in [4.69, 9.17) is 9.47 Å². The molecule has 0 aromatic heterocycles. The number of hydrogen-bond acceptors (Lipinski definition) is 4. The Morgan fingerprint density at radius 3 is 2.80 bits per heavy atom. The molecule has 140 valence electrons. The lowest BCUT2D eigenvalue weighted by Crippen LogP contribution is -2.41. The van der Waals surface area contributed by atoms with E-state index in [1.54, 1.807) is 7.11 Å². The molecule has 0 spiro atoms. The van der Waals surface area contributed by atoms with Crippen LogP contribution < -0.4 is 20.1 Å². The molecule has 0 heterocycles. The number of rotatable bonds is 8. The van der Waals surface area contributed by atoms with Gasteiger partial charge in [-0.2, -0.15) is 0 Å². The maximum absolute atomic E-state index is 9.93. The molecule has 6 nitrogen and oxygen atoms in total. The summed E-state index contributed by atoms with van der Waals surface area (Å²) >= 11 is 0. The van der Waals surface area contributed by atoms with Crippen LogP contribution in [0.25, 0.3) is 0 Å². The van der Waals surface area contributed by atoms with E-state index in [-0.39, 0.29) is 12.2 Å². The van der Waals surface area contributed by atoms with Gasteiger partial charge < -0.3 is 25.2 Å². The van der Waals surface area contributed by atoms with E-state index in [1.807, 2.05) is 38.1 Å². The maximum atomic E-state index is 9.93. The van der Waals surface area contributed by atoms with Crippen molar-refractivity contribution in [2.24, 2.45) is 10.9 Å². The maximum Gasteiger partial charge on any atom is 0.191 e. The van der Waals surface area contributed by atoms with Crippen LogP contribution in [0, 0.1) is 5.92 Å². The summed E-state index contributed by atoms with van der Waals surface area (Å²) in [5, 5.41) is 16.5. The van der Waals surface area contributed by atoms with E-state index in [1.165, 1.54) is 0 Å². The van der Waals surface area contributed by atoms with Gasteiger partial charge in [0.25, 0.3) is 0 Å². The highest BCUT2D eigenvalue weighted by Gasteiger charge is 2.25. The number of nitrogens with zero attached hydrogens (tertiary/aromatic N) is 1. The van der Waals surface area contributed by atoms with Crippen molar-refractivity contribution in [3.63, 3.8) is 0 Å². The molecule has 0 saturated heterocycles. The van der Waals surface area contributed by atoms with Crippen LogP contribution in [0.2, 0.25) is 0 Å². The van der Waals surface area contributed by atoms with Crippen LogP contribution in [0.3, 0.4) is 0 Å². The van der Waals surface area contributed by atoms with Crippen LogP contribution in [0.4, 0.5) is 0 Å². The van der Waals surface area contributed by atoms with Crippen LogP contribution >= 0.6 is 0 Å². The molecule has 0 amide bonds. The van der Waals surface area contributed by atoms with Gasteiger partial charge in [0.2, 0.25) is 0 Å². The quantitative estimate of drug-likeness (QED) is 0.495. The first kappa shape index (κ1) is 19.4. The largest absolute Gasteiger partial charge is 0.497 e. The van der Waals surface area contributed by atoms with E-state index in [0.29, 0.717) is 12.5 Å². The number of aliphatic hydroxyl groups excluding tert-OH is 1. The molecule has 6 heteroatoms. The lowest BCUT2D eigenvalue weighted by molar-refractivity contribution is 0.134. The second-order valence-corrected chi connectivity index (χ2v) is 6.47. The Morgan fingerprint density at radius 1 is 1.32 bits per heavy atom. The fraction of sp³-hybridized carbons (Fsp3) is 0.632. The average Bonchev–Trinajstić information content (AvgIpc) is 3.02. The normalized spacial score (nSPS) is 21.7. The molecule has 1 aromatic rings. The first-order valence-electron chi connectivity index (χ1n) is 9.13. The van der Waals surface area contributed by atoms with Crippen molar-refractivity contribution in [3.8, 4) is 11.5 Å². The molecule has 1 fully saturated rings. The second-order valence-electron chi connectivity index (χ2n) is 6.47. The molecule has 3 N–H and O–H groups in total. The van der Waals surface area contributed by atoms with Crippen molar-refractivity contribution in [3.05, 3.63) is 24.3 Å². The second kappa shape index (κ2) is 10.1. The van der Waals surface area contributed by atoms with Crippen molar-refractivity contribution in [2.45, 2.75) is 45.3 Å². The first-order chi connectivity index (χ1) is 12.1. The highest BCUT2D eigenvalue weighted by molar-refractivity contribution is 5.79. The molecule has 1 aliphatic rings. The van der Waals surface area contributed by atoms with E-state index < -0.39 is 0 Å². The molecule has 1 saturated carbocycles. The van der Waals surface area contributed by atoms with Crippen LogP contribution in [0.15, 0.2) is 29.3 Å². The average molecular weight is 349 g/mol. The van der Waals surface area contributed by atoms with Crippen LogP contribution in [-0.2, 0) is 0 Å². The predicted molar refractivity (Wildman–Crippen MR) is 100 cm³/mol. The van der Waals surface area contributed by atoms with Gasteiger partial charge in [0.05, 0.1) is 19.8 Å². The third-order valence-electron chi connectivity index (χ3n) is 4.38. The third-order valence-corrected chi connectivity index (χ3v) is 4.38. The number of ether oxygens (including phenoxy) is 2. The van der Waals surface area contributed by atoms with Gasteiger partial charge >= 0.3 is 0 Å². The third kappa shape index (κ3) is 6.46. The highest BCUT2D eigenvalue weighted by atomic mass is 16.5. The van der Waals surface area contributed by atoms with Gasteiger partial charge in [0.15, 0.2) is 5.96 Å². The highest BCUT2D eigenvalue weighted by Crippen LogP contribution is 2.24. The summed E-state index contributed by atoms with van der Waals surface area (Å²) < 4.78 is 11.1. The summed E-state index contributed by atoms with van der Waals surface area (Å²) in [6, 6.07) is 7.57. The van der Waals surface area contributed by atoms with Gasteiger partial charge in [-0.1, -0.05) is 12.5 Å². The topological polar surface area (TPSA) is 75.1 Å². The number of guanidine groups is 1. The van der Waals surface area contributed by atoms with E-state index >= 15 is 0 Å². The molecule has 0 bridgehead atoms. The fourth-order valence-corrected chi connectivity index (χ4v) is 2.99. The predicted octanol–water partition coefficient (Wildman–Crippen LogP) is 2.18. The number of benzene rings is 1. The van der Waals surface area contributed by atoms with Gasteiger partial charge in [-0.25, -0.2) is 4.99 Å². The molecule has 1 aromatic carbocycles. The Kier molecular flexibility index (Phi) is 7.85. The van der Waals surface area contributed by atoms with Crippen LogP contribution in [0.1, 0.15) is 33.1 Å². The SMILES string of the molecule is CCNC(=NCC(C)Oc1cccc(OC)c1)NCC1CCCC1O. The smallest absolute Gasteiger partial charge is 0.191 e. The van der Waals surface area contributed by atoms with E-state index in [0.717, 1.165) is 49.8 Å². The Labute approximate surface area is 150 Å². The monoisotopic (exact) mass is 349 g/mol. The van der Waals surface area contributed by atoms with Crippen molar-refractivity contribution in [1.82, 2.24) is 10.6 Å². The summed E-state index contributed by atoms with van der Waals surface area (Å²) in [7, 11) is 1.64. The summed E-state index contributed by atoms with van der Waals surface area (Å²) in [6.45, 7) is 6.12. The minimum absolute atomic E-state index is 0.0559. The van der Waals surface area contributed by atoms with E-state index in [9.17, 15) is 5.11 Å². The van der Waals surface area contributed by atoms with Gasteiger partial charge in [0, 0.05) is 25.1 Å². The zero-order valence-corrected chi connectivity index (χ0v) is 15.5. The summed E-state index contributed by atoms with van der Waals surface area (Å²) in [5.41, 5.74) is 0. The molecule has 0 radical (unpaired) electrons. The zero-order valence-electron chi connectivity index (χ0n) is 15.5. The lowest BCUT2D eigenvalue weighted by Gasteiger charge is -2.18. The van der Waals surface area contributed by atoms with Crippen molar-refractivity contribution < 1.29 is 14.6 Å². The van der Waals surface area contributed by atoms with E-state index in [2.05, 4.69) is 15.6 Å². The Hall–Kier alpha value is -1.95. The standard InChI is InChI=1S/C19H31N3O3/c1-4-20-19(22-13-15-7-5-10-18(15)23)21-12-14(2)25-17-9-6-8-16(11-17)24-3/h6,8-9,11,14-15,18,23H,4-5,7,10,12-13H2,1-3H3,(H2,20,21,22). The Bertz CT molecular complexity index is 550. The molecular weight excluding hydrogens is 318 g/mol. The summed E-state index contributed by atoms with van der Waals surface area (Å²) in [6.07, 6.45) is 2.84. The zero-order chi connectivity index (χ0) is 18.1. The molecule has 1 aliphatic carbocycles. The Morgan fingerprint density at radius 2 is 2.12 bits per heavy atom. The lowest BCUT2D eigenvalue weighted by atomic mass is 10.1. The molecule has 2 rings (SSSR count).